The van der Waals surface area contributed by atoms with Crippen LogP contribution < -0.4 is 11.1 Å². The van der Waals surface area contributed by atoms with E-state index in [9.17, 15) is 4.79 Å². The molecule has 0 radical (unpaired) electrons. The topological polar surface area (TPSA) is 82.8 Å². The van der Waals surface area contributed by atoms with E-state index in [-0.39, 0.29) is 0 Å². The van der Waals surface area contributed by atoms with Gasteiger partial charge in [0, 0.05) is 0 Å². The molecular formula is C7H18N2O4Ti. The molecule has 7 heteroatoms. The molecule has 3 N–H and O–H groups in total. The zero-order valence-corrected chi connectivity index (χ0v) is 10.4. The molecule has 0 aliphatic rings. The van der Waals surface area contributed by atoms with E-state index >= 15 is 0 Å². The molecule has 0 aromatic rings. The van der Waals surface area contributed by atoms with Crippen molar-refractivity contribution in [2.24, 2.45) is 5.73 Å². The molecule has 84 valence electrons. The minimum atomic E-state index is -2.99. The Kier molecular flexibility index (Phi) is 7.13. The number of primary amides is 1. The Hall–Kier alpha value is -0.136. The first-order valence-electron chi connectivity index (χ1n) is 4.29. The van der Waals surface area contributed by atoms with Crippen LogP contribution in [-0.4, -0.2) is 33.9 Å². The van der Waals surface area contributed by atoms with E-state index in [1.165, 1.54) is 0 Å². The van der Waals surface area contributed by atoms with Crippen LogP contribution in [-0.2, 0) is 27.7 Å². The average Bonchev–Trinajstić information content (AvgIpc) is 2.19. The molecule has 0 saturated heterocycles. The second kappa shape index (κ2) is 7.19. The third kappa shape index (κ3) is 4.92. The van der Waals surface area contributed by atoms with Crippen molar-refractivity contribution >= 4 is 6.03 Å². The molecule has 0 bridgehead atoms. The van der Waals surface area contributed by atoms with Crippen LogP contribution >= 0.6 is 0 Å². The summed E-state index contributed by atoms with van der Waals surface area (Å²) < 4.78 is 16.4. The maximum atomic E-state index is 10.4. The van der Waals surface area contributed by atoms with Gasteiger partial charge in [0.05, 0.1) is 0 Å². The summed E-state index contributed by atoms with van der Waals surface area (Å²) in [5.41, 5.74) is 4.91. The molecule has 2 amide bonds. The fourth-order valence-electron chi connectivity index (χ4n) is 1.07. The fraction of sp³-hybridized carbons (Fsp3) is 0.857. The van der Waals surface area contributed by atoms with Crippen LogP contribution in [0.5, 0.6) is 0 Å². The quantitative estimate of drug-likeness (QED) is 0.497. The standard InChI is InChI=1S/C4H9N2O.3CH3O.Ti/c1-2-3-6-4(5)7;3*1-2;/h1-3H2,(H3,5,6,7);3*1H3;/q;3*-1;+3. The Balaban J connectivity index is 3.77. The van der Waals surface area contributed by atoms with Crippen molar-refractivity contribution in [1.29, 1.82) is 0 Å². The van der Waals surface area contributed by atoms with E-state index < -0.39 is 23.8 Å². The molecule has 0 unspecified atom stereocenters. The first-order chi connectivity index (χ1) is 6.60. The van der Waals surface area contributed by atoms with Gasteiger partial charge in [-0.2, -0.15) is 0 Å². The van der Waals surface area contributed by atoms with Gasteiger partial charge in [-0.1, -0.05) is 0 Å². The van der Waals surface area contributed by atoms with Crippen LogP contribution in [0.3, 0.4) is 0 Å². The van der Waals surface area contributed by atoms with E-state index in [2.05, 4.69) is 5.32 Å². The second-order valence-electron chi connectivity index (χ2n) is 2.69. The first-order valence-corrected chi connectivity index (χ1v) is 7.30. The molecule has 6 nitrogen and oxygen atoms in total. The van der Waals surface area contributed by atoms with Crippen LogP contribution in [0.4, 0.5) is 4.79 Å². The minimum absolute atomic E-state index is 0.512. The molecule has 14 heavy (non-hydrogen) atoms. The number of urea groups is 1. The van der Waals surface area contributed by atoms with Gasteiger partial charge in [0.2, 0.25) is 0 Å². The van der Waals surface area contributed by atoms with Crippen LogP contribution in [0.25, 0.3) is 0 Å². The number of nitrogens with two attached hydrogens (primary N) is 1. The van der Waals surface area contributed by atoms with Crippen molar-refractivity contribution in [3.63, 3.8) is 0 Å². The molecule has 0 spiro atoms. The fourth-order valence-corrected chi connectivity index (χ4v) is 3.76. The molecule has 0 aliphatic carbocycles. The van der Waals surface area contributed by atoms with Crippen molar-refractivity contribution in [1.82, 2.24) is 5.32 Å². The van der Waals surface area contributed by atoms with Crippen molar-refractivity contribution in [2.45, 2.75) is 11.1 Å². The van der Waals surface area contributed by atoms with E-state index in [4.69, 9.17) is 15.7 Å². The van der Waals surface area contributed by atoms with Gasteiger partial charge in [0.15, 0.2) is 0 Å². The monoisotopic (exact) mass is 242 g/mol. The van der Waals surface area contributed by atoms with Gasteiger partial charge in [-0.3, -0.25) is 0 Å². The molecule has 0 aliphatic heterocycles. The van der Waals surface area contributed by atoms with Crippen molar-refractivity contribution in [3.8, 4) is 0 Å². The van der Waals surface area contributed by atoms with Crippen LogP contribution in [0.1, 0.15) is 6.42 Å². The zero-order chi connectivity index (χ0) is 11.0. The Bertz CT molecular complexity index is 167. The normalized spacial score (nSPS) is 11.4. The molecule has 0 atom stereocenters. The van der Waals surface area contributed by atoms with Crippen LogP contribution in [0.2, 0.25) is 4.73 Å². The molecule has 0 saturated carbocycles. The van der Waals surface area contributed by atoms with Crippen molar-refractivity contribution in [2.75, 3.05) is 27.9 Å². The SMILES string of the molecule is C[O][Ti]([CH2]CCNC(N)=O)([O]C)[O]C. The number of amides is 2. The van der Waals surface area contributed by atoms with Gasteiger partial charge in [-0.25, -0.2) is 0 Å². The van der Waals surface area contributed by atoms with Crippen molar-refractivity contribution in [3.05, 3.63) is 0 Å². The van der Waals surface area contributed by atoms with Crippen LogP contribution in [0.15, 0.2) is 0 Å². The van der Waals surface area contributed by atoms with Gasteiger partial charge in [-0.05, 0) is 0 Å². The predicted molar refractivity (Wildman–Crippen MR) is 48.0 cm³/mol. The molecule has 0 rings (SSSR count). The number of rotatable bonds is 7. The molecule has 0 aromatic heterocycles. The van der Waals surface area contributed by atoms with E-state index in [0.29, 0.717) is 11.3 Å². The Labute approximate surface area is 88.9 Å². The van der Waals surface area contributed by atoms with Gasteiger partial charge in [0.25, 0.3) is 0 Å². The summed E-state index contributed by atoms with van der Waals surface area (Å²) in [7, 11) is 4.73. The summed E-state index contributed by atoms with van der Waals surface area (Å²) >= 11 is -2.99. The van der Waals surface area contributed by atoms with Crippen molar-refractivity contribution < 1.29 is 32.5 Å². The van der Waals surface area contributed by atoms with Gasteiger partial charge < -0.3 is 0 Å². The Morgan fingerprint density at radius 2 is 1.79 bits per heavy atom. The van der Waals surface area contributed by atoms with E-state index in [1.807, 2.05) is 0 Å². The summed E-state index contributed by atoms with van der Waals surface area (Å²) in [4.78, 5) is 10.4. The summed E-state index contributed by atoms with van der Waals surface area (Å²) in [6.45, 7) is 0.512. The number of hydrogen-bond donors (Lipinski definition) is 2. The summed E-state index contributed by atoms with van der Waals surface area (Å²) in [6.07, 6.45) is 0.735. The third-order valence-corrected chi connectivity index (χ3v) is 6.31. The number of carbonyl (C=O) groups excluding carboxylic acids is 1. The second-order valence-corrected chi connectivity index (χ2v) is 7.52. The summed E-state index contributed by atoms with van der Waals surface area (Å²) in [5.74, 6) is 0. The Morgan fingerprint density at radius 1 is 1.29 bits per heavy atom. The average molecular weight is 242 g/mol. The van der Waals surface area contributed by atoms with Gasteiger partial charge in [0.1, 0.15) is 0 Å². The maximum absolute atomic E-state index is 10.4. The molecule has 0 heterocycles. The first kappa shape index (κ1) is 13.9. The van der Waals surface area contributed by atoms with E-state index in [0.717, 1.165) is 6.42 Å². The number of hydrogen-bond acceptors (Lipinski definition) is 4. The summed E-state index contributed by atoms with van der Waals surface area (Å²) in [5, 5.41) is 2.49. The molecular weight excluding hydrogens is 224 g/mol. The van der Waals surface area contributed by atoms with Crippen LogP contribution in [0, 0.1) is 0 Å². The third-order valence-electron chi connectivity index (χ3n) is 1.89. The molecule has 0 fully saturated rings. The van der Waals surface area contributed by atoms with E-state index in [1.54, 1.807) is 21.3 Å². The number of carbonyl (C=O) groups is 1. The van der Waals surface area contributed by atoms with Gasteiger partial charge >= 0.3 is 88.6 Å². The molecule has 0 aromatic carbocycles. The van der Waals surface area contributed by atoms with Gasteiger partial charge in [-0.15, -0.1) is 0 Å². The zero-order valence-electron chi connectivity index (χ0n) is 8.83. The number of nitrogens with one attached hydrogen (secondary N) is 1. The Morgan fingerprint density at radius 3 is 2.14 bits per heavy atom. The summed E-state index contributed by atoms with van der Waals surface area (Å²) in [6, 6.07) is -0.518. The predicted octanol–water partition coefficient (Wildman–Crippen LogP) is 0.301.